The summed E-state index contributed by atoms with van der Waals surface area (Å²) in [6.45, 7) is 1.74. The lowest BCUT2D eigenvalue weighted by Crippen LogP contribution is -2.47. The second-order valence-corrected chi connectivity index (χ2v) is 9.14. The predicted octanol–water partition coefficient (Wildman–Crippen LogP) is 3.12. The maximum atomic E-state index is 13.9. The van der Waals surface area contributed by atoms with Crippen molar-refractivity contribution in [3.63, 3.8) is 0 Å². The molecule has 3 aliphatic heterocycles. The zero-order chi connectivity index (χ0) is 26.5. The van der Waals surface area contributed by atoms with Crippen LogP contribution in [0.25, 0.3) is 0 Å². The van der Waals surface area contributed by atoms with Gasteiger partial charge in [-0.3, -0.25) is 14.6 Å². The van der Waals surface area contributed by atoms with Crippen molar-refractivity contribution in [1.29, 1.82) is 0 Å². The lowest BCUT2D eigenvalue weighted by molar-refractivity contribution is -0.134. The van der Waals surface area contributed by atoms with E-state index in [2.05, 4.69) is 4.98 Å². The highest BCUT2D eigenvalue weighted by atomic mass is 16.5. The minimum atomic E-state index is -0.362. The number of pyridine rings is 1. The van der Waals surface area contributed by atoms with Gasteiger partial charge in [0.1, 0.15) is 18.9 Å². The molecular weight excluding hydrogens is 486 g/mol. The lowest BCUT2D eigenvalue weighted by Gasteiger charge is -2.39. The first kappa shape index (κ1) is 25.5. The normalized spacial score (nSPS) is 17.9. The summed E-state index contributed by atoms with van der Waals surface area (Å²) in [4.78, 5) is 34.7. The van der Waals surface area contributed by atoms with Gasteiger partial charge < -0.3 is 28.7 Å². The van der Waals surface area contributed by atoms with Crippen molar-refractivity contribution < 1.29 is 28.5 Å². The summed E-state index contributed by atoms with van der Waals surface area (Å²) in [5, 5.41) is 0. The molecule has 4 heterocycles. The number of fused-ring (bicyclic) bond motifs is 11. The Hall–Kier alpha value is -4.11. The predicted molar refractivity (Wildman–Crippen MR) is 140 cm³/mol. The van der Waals surface area contributed by atoms with Crippen LogP contribution in [0.5, 0.6) is 17.2 Å². The molecule has 1 atom stereocenters. The van der Waals surface area contributed by atoms with E-state index in [0.717, 1.165) is 22.4 Å². The maximum absolute atomic E-state index is 13.9. The molecule has 198 valence electrons. The number of carbonyl (C=O) groups is 2. The molecule has 0 radical (unpaired) electrons. The highest BCUT2D eigenvalue weighted by Gasteiger charge is 2.34. The number of hydrogen-bond donors (Lipinski definition) is 0. The largest absolute Gasteiger partial charge is 0.493 e. The van der Waals surface area contributed by atoms with Crippen LogP contribution in [0.15, 0.2) is 60.9 Å². The molecule has 2 bridgehead atoms. The van der Waals surface area contributed by atoms with Gasteiger partial charge in [-0.05, 0) is 59.5 Å². The lowest BCUT2D eigenvalue weighted by atomic mass is 9.87. The molecule has 38 heavy (non-hydrogen) atoms. The van der Waals surface area contributed by atoms with E-state index in [9.17, 15) is 9.59 Å². The first-order chi connectivity index (χ1) is 18.6. The van der Waals surface area contributed by atoms with Crippen LogP contribution in [0, 0.1) is 0 Å². The number of benzene rings is 2. The van der Waals surface area contributed by atoms with Crippen LogP contribution < -0.4 is 14.2 Å². The topological polar surface area (TPSA) is 90.4 Å². The van der Waals surface area contributed by atoms with Gasteiger partial charge in [-0.1, -0.05) is 12.1 Å². The molecule has 9 heteroatoms. The Morgan fingerprint density at radius 2 is 1.68 bits per heavy atom. The molecule has 0 N–H and O–H groups in total. The Morgan fingerprint density at radius 1 is 0.947 bits per heavy atom. The van der Waals surface area contributed by atoms with E-state index < -0.39 is 0 Å². The van der Waals surface area contributed by atoms with Gasteiger partial charge in [-0.2, -0.15) is 0 Å². The number of rotatable bonds is 3. The van der Waals surface area contributed by atoms with Gasteiger partial charge >= 0.3 is 0 Å². The van der Waals surface area contributed by atoms with E-state index in [1.807, 2.05) is 41.3 Å². The SMILES string of the molecule is COc1cc2c(cc1OC)C1c3ccc(cc3)OCCOCCN(C(=O)c3ccncc3)CC(=O)N1CC2. The zero-order valence-electron chi connectivity index (χ0n) is 21.6. The number of methoxy groups -OCH3 is 2. The van der Waals surface area contributed by atoms with Gasteiger partial charge in [0.2, 0.25) is 5.91 Å². The number of ether oxygens (including phenoxy) is 4. The fourth-order valence-electron chi connectivity index (χ4n) is 5.00. The van der Waals surface area contributed by atoms with Crippen LogP contribution in [-0.2, 0) is 16.0 Å². The van der Waals surface area contributed by atoms with E-state index in [0.29, 0.717) is 43.2 Å². The molecular formula is C29H31N3O6. The van der Waals surface area contributed by atoms with Crippen molar-refractivity contribution in [2.45, 2.75) is 12.5 Å². The molecule has 0 fully saturated rings. The number of aromatic nitrogens is 1. The molecule has 0 saturated carbocycles. The Bertz CT molecular complexity index is 1280. The second kappa shape index (κ2) is 11.5. The second-order valence-electron chi connectivity index (χ2n) is 9.14. The molecule has 2 aromatic carbocycles. The van der Waals surface area contributed by atoms with Gasteiger partial charge in [0.05, 0.1) is 33.5 Å². The average Bonchev–Trinajstić information content (AvgIpc) is 2.97. The van der Waals surface area contributed by atoms with Crippen LogP contribution in [0.3, 0.4) is 0 Å². The molecule has 3 aliphatic rings. The van der Waals surface area contributed by atoms with E-state index in [-0.39, 0.29) is 37.6 Å². The Kier molecular flexibility index (Phi) is 7.74. The fraction of sp³-hybridized carbons (Fsp3) is 0.345. The smallest absolute Gasteiger partial charge is 0.254 e. The standard InChI is InChI=1S/C29H31N3O6/c1-35-25-17-22-9-12-32-27(33)19-31(29(34)21-7-10-30-11-8-21)13-14-37-15-16-38-23-5-3-20(4-6-23)28(32)24(22)18-26(25)36-2/h3-8,10-11,17-18,28H,9,12-16,19H2,1-2H3. The number of amides is 2. The van der Waals surface area contributed by atoms with Gasteiger partial charge in [-0.25, -0.2) is 0 Å². The third kappa shape index (κ3) is 5.28. The first-order valence-electron chi connectivity index (χ1n) is 12.6. The summed E-state index contributed by atoms with van der Waals surface area (Å²) in [5.74, 6) is 1.59. The van der Waals surface area contributed by atoms with Crippen LogP contribution in [0.4, 0.5) is 0 Å². The molecule has 1 unspecified atom stereocenters. The average molecular weight is 518 g/mol. The minimum Gasteiger partial charge on any atom is -0.493 e. The van der Waals surface area contributed by atoms with Crippen LogP contribution in [0.2, 0.25) is 0 Å². The third-order valence-corrected chi connectivity index (χ3v) is 6.93. The monoisotopic (exact) mass is 517 g/mol. The first-order valence-corrected chi connectivity index (χ1v) is 12.6. The van der Waals surface area contributed by atoms with Gasteiger partial charge in [0.25, 0.3) is 5.91 Å². The van der Waals surface area contributed by atoms with E-state index >= 15 is 0 Å². The highest BCUT2D eigenvalue weighted by molar-refractivity contribution is 5.96. The summed E-state index contributed by atoms with van der Waals surface area (Å²) in [5.41, 5.74) is 3.47. The van der Waals surface area contributed by atoms with Gasteiger partial charge in [-0.15, -0.1) is 0 Å². The Morgan fingerprint density at radius 3 is 2.42 bits per heavy atom. The number of hydrogen-bond acceptors (Lipinski definition) is 7. The van der Waals surface area contributed by atoms with Crippen molar-refractivity contribution in [2.24, 2.45) is 0 Å². The molecule has 0 aliphatic carbocycles. The summed E-state index contributed by atoms with van der Waals surface area (Å²) >= 11 is 0. The molecule has 0 spiro atoms. The molecule has 2 amide bonds. The third-order valence-electron chi connectivity index (χ3n) is 6.93. The van der Waals surface area contributed by atoms with Crippen LogP contribution >= 0.6 is 0 Å². The van der Waals surface area contributed by atoms with Crippen LogP contribution in [0.1, 0.15) is 33.1 Å². The van der Waals surface area contributed by atoms with Gasteiger partial charge in [0.15, 0.2) is 11.5 Å². The summed E-state index contributed by atoms with van der Waals surface area (Å²) in [6.07, 6.45) is 3.79. The van der Waals surface area contributed by atoms with Crippen molar-refractivity contribution in [2.75, 3.05) is 53.7 Å². The van der Waals surface area contributed by atoms with Crippen molar-refractivity contribution in [3.8, 4) is 17.2 Å². The molecule has 9 nitrogen and oxygen atoms in total. The van der Waals surface area contributed by atoms with Gasteiger partial charge in [0, 0.05) is 31.0 Å². The molecule has 1 aromatic heterocycles. The van der Waals surface area contributed by atoms with E-state index in [1.165, 1.54) is 0 Å². The number of nitrogens with zero attached hydrogens (tertiary/aromatic N) is 3. The summed E-state index contributed by atoms with van der Waals surface area (Å²) < 4.78 is 22.7. The Balaban J connectivity index is 1.54. The van der Waals surface area contributed by atoms with Crippen molar-refractivity contribution >= 4 is 11.8 Å². The molecule has 0 saturated heterocycles. The summed E-state index contributed by atoms with van der Waals surface area (Å²) in [7, 11) is 3.22. The number of carbonyl (C=O) groups excluding carboxylic acids is 2. The zero-order valence-corrected chi connectivity index (χ0v) is 21.6. The van der Waals surface area contributed by atoms with E-state index in [4.69, 9.17) is 18.9 Å². The Labute approximate surface area is 221 Å². The highest BCUT2D eigenvalue weighted by Crippen LogP contribution is 2.41. The minimum absolute atomic E-state index is 0.0712. The fourth-order valence-corrected chi connectivity index (χ4v) is 5.00. The van der Waals surface area contributed by atoms with Crippen LogP contribution in [-0.4, -0.2) is 80.3 Å². The van der Waals surface area contributed by atoms with Crippen molar-refractivity contribution in [3.05, 3.63) is 83.2 Å². The van der Waals surface area contributed by atoms with Crippen molar-refractivity contribution in [1.82, 2.24) is 14.8 Å². The van der Waals surface area contributed by atoms with E-state index in [1.54, 1.807) is 43.6 Å². The molecule has 6 rings (SSSR count). The molecule has 3 aromatic rings. The maximum Gasteiger partial charge on any atom is 0.254 e. The quantitative estimate of drug-likeness (QED) is 0.493. The summed E-state index contributed by atoms with van der Waals surface area (Å²) in [6, 6.07) is 14.6.